The summed E-state index contributed by atoms with van der Waals surface area (Å²) in [7, 11) is -3.98. The lowest BCUT2D eigenvalue weighted by atomic mass is 10.1. The van der Waals surface area contributed by atoms with Crippen molar-refractivity contribution in [3.8, 4) is 5.75 Å². The number of benzene rings is 3. The summed E-state index contributed by atoms with van der Waals surface area (Å²) in [6.45, 7) is 1.03. The van der Waals surface area contributed by atoms with Gasteiger partial charge in [-0.15, -0.1) is 0 Å². The molecule has 0 radical (unpaired) electrons. The number of rotatable bonds is 10. The zero-order chi connectivity index (χ0) is 21.4. The molecule has 30 heavy (non-hydrogen) atoms. The van der Waals surface area contributed by atoms with Gasteiger partial charge in [-0.3, -0.25) is 9.32 Å². The van der Waals surface area contributed by atoms with E-state index < -0.39 is 19.8 Å². The van der Waals surface area contributed by atoms with Crippen LogP contribution in [0.15, 0.2) is 72.8 Å². The van der Waals surface area contributed by atoms with Crippen LogP contribution in [0.3, 0.4) is 0 Å². The highest BCUT2D eigenvalue weighted by molar-refractivity contribution is 7.52. The van der Waals surface area contributed by atoms with E-state index in [4.69, 9.17) is 18.9 Å². The molecule has 0 heterocycles. The van der Waals surface area contributed by atoms with Gasteiger partial charge in [0, 0.05) is 5.39 Å². The summed E-state index contributed by atoms with van der Waals surface area (Å²) in [6.07, 6.45) is 0. The minimum Gasteiger partial charge on any atom is -0.460 e. The van der Waals surface area contributed by atoms with Crippen molar-refractivity contribution in [2.75, 3.05) is 13.2 Å². The standard InChI is InChI=1S/C22H24NO6P/c1-17(22(25)27-16-18-8-3-2-4-9-18)23-30(26,28-15-14-24)29-21-13-7-11-19-10-5-6-12-20(19)21/h2-13,17,24H,14-16H2,1H3,(H,23,26)/t17-,30-/m0/s1. The van der Waals surface area contributed by atoms with Crippen LogP contribution in [-0.4, -0.2) is 30.3 Å². The van der Waals surface area contributed by atoms with E-state index in [0.29, 0.717) is 5.75 Å². The first-order valence-electron chi connectivity index (χ1n) is 9.52. The Balaban J connectivity index is 1.72. The highest BCUT2D eigenvalue weighted by Gasteiger charge is 2.32. The van der Waals surface area contributed by atoms with Crippen molar-refractivity contribution in [2.45, 2.75) is 19.6 Å². The molecule has 0 unspecified atom stereocenters. The molecule has 3 rings (SSSR count). The first-order chi connectivity index (χ1) is 14.5. The van der Waals surface area contributed by atoms with Crippen LogP contribution in [0.5, 0.6) is 5.75 Å². The van der Waals surface area contributed by atoms with Crippen molar-refractivity contribution in [1.82, 2.24) is 5.09 Å². The van der Waals surface area contributed by atoms with Crippen molar-refractivity contribution >= 4 is 24.5 Å². The Hall–Kier alpha value is -2.70. The number of ether oxygens (including phenoxy) is 1. The smallest absolute Gasteiger partial charge is 0.459 e. The average molecular weight is 429 g/mol. The molecule has 0 aromatic heterocycles. The number of fused-ring (bicyclic) bond motifs is 1. The number of hydrogen-bond acceptors (Lipinski definition) is 6. The Labute approximate surface area is 175 Å². The van der Waals surface area contributed by atoms with Gasteiger partial charge in [-0.1, -0.05) is 66.7 Å². The maximum atomic E-state index is 13.3. The second-order valence-corrected chi connectivity index (χ2v) is 8.26. The van der Waals surface area contributed by atoms with Crippen molar-refractivity contribution < 1.29 is 28.3 Å². The van der Waals surface area contributed by atoms with Gasteiger partial charge in [0.05, 0.1) is 13.2 Å². The number of carbonyl (C=O) groups excluding carboxylic acids is 1. The van der Waals surface area contributed by atoms with E-state index in [1.807, 2.05) is 60.7 Å². The summed E-state index contributed by atoms with van der Waals surface area (Å²) < 4.78 is 29.6. The van der Waals surface area contributed by atoms with Crippen molar-refractivity contribution in [2.24, 2.45) is 0 Å². The number of aliphatic hydroxyl groups excluding tert-OH is 1. The van der Waals surface area contributed by atoms with Crippen LogP contribution in [0.25, 0.3) is 10.8 Å². The molecule has 0 aliphatic rings. The maximum Gasteiger partial charge on any atom is 0.459 e. The topological polar surface area (TPSA) is 94.1 Å². The fourth-order valence-corrected chi connectivity index (χ4v) is 4.30. The van der Waals surface area contributed by atoms with Crippen LogP contribution in [0.1, 0.15) is 12.5 Å². The van der Waals surface area contributed by atoms with Gasteiger partial charge in [0.2, 0.25) is 0 Å². The van der Waals surface area contributed by atoms with Crippen LogP contribution in [0.4, 0.5) is 0 Å². The third-order valence-corrected chi connectivity index (χ3v) is 5.91. The van der Waals surface area contributed by atoms with Crippen LogP contribution in [-0.2, 0) is 25.2 Å². The van der Waals surface area contributed by atoms with Crippen LogP contribution in [0, 0.1) is 0 Å². The third kappa shape index (κ3) is 5.90. The van der Waals surface area contributed by atoms with E-state index in [9.17, 15) is 9.36 Å². The van der Waals surface area contributed by atoms with Crippen molar-refractivity contribution in [3.63, 3.8) is 0 Å². The zero-order valence-electron chi connectivity index (χ0n) is 16.6. The summed E-state index contributed by atoms with van der Waals surface area (Å²) >= 11 is 0. The van der Waals surface area contributed by atoms with E-state index in [2.05, 4.69) is 5.09 Å². The maximum absolute atomic E-state index is 13.3. The van der Waals surface area contributed by atoms with Gasteiger partial charge in [0.15, 0.2) is 0 Å². The summed E-state index contributed by atoms with van der Waals surface area (Å²) in [4.78, 5) is 12.4. The van der Waals surface area contributed by atoms with Gasteiger partial charge >= 0.3 is 13.7 Å². The molecule has 3 aromatic rings. The normalized spacial score (nSPS) is 14.1. The number of aliphatic hydroxyl groups is 1. The molecule has 0 saturated heterocycles. The largest absolute Gasteiger partial charge is 0.460 e. The molecule has 0 saturated carbocycles. The molecule has 2 atom stereocenters. The van der Waals surface area contributed by atoms with Crippen molar-refractivity contribution in [3.05, 3.63) is 78.4 Å². The van der Waals surface area contributed by atoms with Gasteiger partial charge in [-0.2, -0.15) is 5.09 Å². The van der Waals surface area contributed by atoms with Crippen LogP contribution >= 0.6 is 7.75 Å². The Morgan fingerprint density at radius 2 is 1.73 bits per heavy atom. The lowest BCUT2D eigenvalue weighted by Crippen LogP contribution is -2.35. The SMILES string of the molecule is C[C@H](N[P@](=O)(OCCO)Oc1cccc2ccccc12)C(=O)OCc1ccccc1. The van der Waals surface area contributed by atoms with Gasteiger partial charge in [-0.25, -0.2) is 4.57 Å². The molecule has 0 fully saturated rings. The minimum atomic E-state index is -3.98. The molecule has 0 aliphatic carbocycles. The molecule has 3 aromatic carbocycles. The molecule has 7 nitrogen and oxygen atoms in total. The predicted molar refractivity (Wildman–Crippen MR) is 114 cm³/mol. The van der Waals surface area contributed by atoms with Gasteiger partial charge < -0.3 is 14.4 Å². The quantitative estimate of drug-likeness (QED) is 0.371. The minimum absolute atomic E-state index is 0.0949. The van der Waals surface area contributed by atoms with Crippen LogP contribution < -0.4 is 9.61 Å². The van der Waals surface area contributed by atoms with E-state index in [-0.39, 0.29) is 19.8 Å². The van der Waals surface area contributed by atoms with Gasteiger partial charge in [0.25, 0.3) is 0 Å². The van der Waals surface area contributed by atoms with Gasteiger partial charge in [-0.05, 0) is 23.9 Å². The molecule has 0 aliphatic heterocycles. The first kappa shape index (κ1) is 22.0. The number of esters is 1. The highest BCUT2D eigenvalue weighted by Crippen LogP contribution is 2.46. The third-order valence-electron chi connectivity index (χ3n) is 4.25. The molecule has 0 spiro atoms. The molecule has 158 valence electrons. The lowest BCUT2D eigenvalue weighted by Gasteiger charge is -2.23. The average Bonchev–Trinajstić information content (AvgIpc) is 2.77. The van der Waals surface area contributed by atoms with E-state index >= 15 is 0 Å². The summed E-state index contributed by atoms with van der Waals surface area (Å²) in [5.41, 5.74) is 0.838. The summed E-state index contributed by atoms with van der Waals surface area (Å²) in [6, 6.07) is 21.1. The van der Waals surface area contributed by atoms with Gasteiger partial charge in [0.1, 0.15) is 18.4 Å². The van der Waals surface area contributed by atoms with Crippen molar-refractivity contribution in [1.29, 1.82) is 0 Å². The molecule has 8 heteroatoms. The summed E-state index contributed by atoms with van der Waals surface area (Å²) in [5.74, 6) is -0.264. The van der Waals surface area contributed by atoms with E-state index in [1.54, 1.807) is 12.1 Å². The fourth-order valence-electron chi connectivity index (χ4n) is 2.80. The Kier molecular flexibility index (Phi) is 7.60. The number of nitrogens with one attached hydrogen (secondary N) is 1. The second-order valence-electron chi connectivity index (χ2n) is 6.57. The second kappa shape index (κ2) is 10.4. The van der Waals surface area contributed by atoms with E-state index in [0.717, 1.165) is 16.3 Å². The fraction of sp³-hybridized carbons (Fsp3) is 0.227. The molecule has 2 N–H and O–H groups in total. The lowest BCUT2D eigenvalue weighted by molar-refractivity contribution is -0.146. The molecular weight excluding hydrogens is 405 g/mol. The Bertz CT molecular complexity index is 1020. The Morgan fingerprint density at radius 3 is 2.50 bits per heavy atom. The first-order valence-corrected chi connectivity index (χ1v) is 11.1. The van der Waals surface area contributed by atoms with Crippen LogP contribution in [0.2, 0.25) is 0 Å². The summed E-state index contributed by atoms with van der Waals surface area (Å²) in [5, 5.41) is 13.3. The monoisotopic (exact) mass is 429 g/mol. The molecule has 0 amide bonds. The molecule has 0 bridgehead atoms. The number of carbonyl (C=O) groups is 1. The zero-order valence-corrected chi connectivity index (χ0v) is 17.5. The Morgan fingerprint density at radius 1 is 1.03 bits per heavy atom. The number of hydrogen-bond donors (Lipinski definition) is 2. The predicted octanol–water partition coefficient (Wildman–Crippen LogP) is 4.06. The van der Waals surface area contributed by atoms with E-state index in [1.165, 1.54) is 6.92 Å². The molecular formula is C22H24NO6P. The highest BCUT2D eigenvalue weighted by atomic mass is 31.2.